The maximum absolute atomic E-state index is 12.4. The van der Waals surface area contributed by atoms with Gasteiger partial charge >= 0.3 is 6.03 Å². The van der Waals surface area contributed by atoms with Crippen molar-refractivity contribution in [2.24, 2.45) is 5.41 Å². The van der Waals surface area contributed by atoms with Gasteiger partial charge in [0.25, 0.3) is 0 Å². The van der Waals surface area contributed by atoms with E-state index in [1.807, 2.05) is 30.3 Å². The highest BCUT2D eigenvalue weighted by Gasteiger charge is 2.49. The summed E-state index contributed by atoms with van der Waals surface area (Å²) in [6.07, 6.45) is 3.70. The molecule has 23 heavy (non-hydrogen) atoms. The number of imide groups is 2. The van der Waals surface area contributed by atoms with Crippen LogP contribution in [-0.2, 0) is 16.0 Å². The van der Waals surface area contributed by atoms with Gasteiger partial charge in [0.05, 0.1) is 0 Å². The molecule has 124 valence electrons. The molecule has 1 aromatic carbocycles. The largest absolute Gasteiger partial charge is 0.396 e. The first-order valence-electron chi connectivity index (χ1n) is 7.90. The zero-order valence-corrected chi connectivity index (χ0v) is 13.0. The SMILES string of the molecule is O=C1NC(=O)C(CCCCCCO)(Cc2ccccc2)C(=O)N1. The molecule has 1 fully saturated rings. The van der Waals surface area contributed by atoms with Crippen LogP contribution in [0.25, 0.3) is 0 Å². The number of hydrogen-bond acceptors (Lipinski definition) is 4. The lowest BCUT2D eigenvalue weighted by Gasteiger charge is -2.34. The lowest BCUT2D eigenvalue weighted by Crippen LogP contribution is -2.63. The number of carbonyl (C=O) groups is 3. The molecule has 0 unspecified atom stereocenters. The van der Waals surface area contributed by atoms with E-state index in [1.165, 1.54) is 0 Å². The number of carbonyl (C=O) groups excluding carboxylic acids is 3. The number of rotatable bonds is 8. The molecule has 1 heterocycles. The maximum Gasteiger partial charge on any atom is 0.328 e. The quantitative estimate of drug-likeness (QED) is 0.500. The molecule has 1 aliphatic rings. The Morgan fingerprint density at radius 2 is 1.48 bits per heavy atom. The minimum absolute atomic E-state index is 0.143. The molecule has 6 nitrogen and oxygen atoms in total. The molecule has 2 rings (SSSR count). The van der Waals surface area contributed by atoms with Crippen LogP contribution >= 0.6 is 0 Å². The lowest BCUT2D eigenvalue weighted by molar-refractivity contribution is -0.145. The van der Waals surface area contributed by atoms with Gasteiger partial charge < -0.3 is 5.11 Å². The van der Waals surface area contributed by atoms with Crippen molar-refractivity contribution in [3.05, 3.63) is 35.9 Å². The molecule has 6 heteroatoms. The standard InChI is InChI=1S/C17H22N2O4/c20-11-7-2-1-6-10-17(12-13-8-4-3-5-9-13)14(21)18-16(23)19-15(17)22/h3-5,8-9,20H,1-2,6-7,10-12H2,(H2,18,19,21,22,23). The first-order chi connectivity index (χ1) is 11.1. The number of aliphatic hydroxyl groups is 1. The number of unbranched alkanes of at least 4 members (excludes halogenated alkanes) is 3. The van der Waals surface area contributed by atoms with E-state index < -0.39 is 23.3 Å². The third-order valence-corrected chi connectivity index (χ3v) is 4.18. The summed E-state index contributed by atoms with van der Waals surface area (Å²) in [5.41, 5.74) is -0.378. The van der Waals surface area contributed by atoms with Crippen LogP contribution in [0.2, 0.25) is 0 Å². The van der Waals surface area contributed by atoms with Crippen LogP contribution in [0, 0.1) is 5.41 Å². The van der Waals surface area contributed by atoms with E-state index in [0.29, 0.717) is 19.3 Å². The number of urea groups is 1. The van der Waals surface area contributed by atoms with Crippen molar-refractivity contribution in [2.45, 2.75) is 38.5 Å². The molecule has 0 aromatic heterocycles. The maximum atomic E-state index is 12.4. The molecule has 4 amide bonds. The highest BCUT2D eigenvalue weighted by molar-refractivity contribution is 6.19. The van der Waals surface area contributed by atoms with Crippen LogP contribution in [0.15, 0.2) is 30.3 Å². The first-order valence-corrected chi connectivity index (χ1v) is 7.90. The van der Waals surface area contributed by atoms with E-state index in [0.717, 1.165) is 18.4 Å². The van der Waals surface area contributed by atoms with Crippen molar-refractivity contribution in [3.8, 4) is 0 Å². The number of benzene rings is 1. The summed E-state index contributed by atoms with van der Waals surface area (Å²) < 4.78 is 0. The monoisotopic (exact) mass is 318 g/mol. The number of aliphatic hydroxyl groups excluding tert-OH is 1. The Labute approximate surface area is 135 Å². The van der Waals surface area contributed by atoms with E-state index in [2.05, 4.69) is 10.6 Å². The van der Waals surface area contributed by atoms with Gasteiger partial charge in [-0.2, -0.15) is 0 Å². The van der Waals surface area contributed by atoms with Gasteiger partial charge in [0.15, 0.2) is 0 Å². The van der Waals surface area contributed by atoms with Crippen molar-refractivity contribution in [3.63, 3.8) is 0 Å². The van der Waals surface area contributed by atoms with Crippen molar-refractivity contribution in [1.29, 1.82) is 0 Å². The molecule has 0 bridgehead atoms. The lowest BCUT2D eigenvalue weighted by atomic mass is 9.74. The Morgan fingerprint density at radius 1 is 0.870 bits per heavy atom. The van der Waals surface area contributed by atoms with Crippen LogP contribution in [0.4, 0.5) is 4.79 Å². The summed E-state index contributed by atoms with van der Waals surface area (Å²) in [7, 11) is 0. The summed E-state index contributed by atoms with van der Waals surface area (Å²) in [5, 5.41) is 13.3. The van der Waals surface area contributed by atoms with Gasteiger partial charge in [0.2, 0.25) is 11.8 Å². The second kappa shape index (κ2) is 7.87. The van der Waals surface area contributed by atoms with E-state index in [-0.39, 0.29) is 13.0 Å². The summed E-state index contributed by atoms with van der Waals surface area (Å²) in [4.78, 5) is 36.2. The fraction of sp³-hybridized carbons (Fsp3) is 0.471. The van der Waals surface area contributed by atoms with Gasteiger partial charge in [0, 0.05) is 6.61 Å². The smallest absolute Gasteiger partial charge is 0.328 e. The molecule has 0 saturated carbocycles. The van der Waals surface area contributed by atoms with Crippen molar-refractivity contribution in [1.82, 2.24) is 10.6 Å². The molecule has 0 atom stereocenters. The van der Waals surface area contributed by atoms with Crippen molar-refractivity contribution >= 4 is 17.8 Å². The predicted octanol–water partition coefficient (Wildman–Crippen LogP) is 1.52. The molecule has 3 N–H and O–H groups in total. The van der Waals surface area contributed by atoms with E-state index in [4.69, 9.17) is 5.11 Å². The van der Waals surface area contributed by atoms with Crippen molar-refractivity contribution < 1.29 is 19.5 Å². The molecule has 0 spiro atoms. The van der Waals surface area contributed by atoms with E-state index in [1.54, 1.807) is 0 Å². The zero-order chi connectivity index (χ0) is 16.7. The molecular formula is C17H22N2O4. The Bertz CT molecular complexity index is 551. The van der Waals surface area contributed by atoms with Crippen LogP contribution in [0.1, 0.15) is 37.7 Å². The topological polar surface area (TPSA) is 95.5 Å². The normalized spacial score (nSPS) is 16.8. The molecule has 0 radical (unpaired) electrons. The van der Waals surface area contributed by atoms with Gasteiger partial charge in [-0.25, -0.2) is 4.79 Å². The van der Waals surface area contributed by atoms with Crippen LogP contribution in [0.5, 0.6) is 0 Å². The van der Waals surface area contributed by atoms with Gasteiger partial charge in [-0.15, -0.1) is 0 Å². The first kappa shape index (κ1) is 17.1. The minimum atomic E-state index is -1.26. The van der Waals surface area contributed by atoms with Gasteiger partial charge in [0.1, 0.15) is 5.41 Å². The number of nitrogens with one attached hydrogen (secondary N) is 2. The molecule has 1 saturated heterocycles. The Balaban J connectivity index is 2.14. The zero-order valence-electron chi connectivity index (χ0n) is 13.0. The summed E-state index contributed by atoms with van der Waals surface area (Å²) in [6.45, 7) is 0.143. The second-order valence-electron chi connectivity index (χ2n) is 5.87. The predicted molar refractivity (Wildman–Crippen MR) is 84.4 cm³/mol. The van der Waals surface area contributed by atoms with Gasteiger partial charge in [-0.1, -0.05) is 49.6 Å². The average Bonchev–Trinajstić information content (AvgIpc) is 2.53. The van der Waals surface area contributed by atoms with Crippen LogP contribution in [0.3, 0.4) is 0 Å². The second-order valence-corrected chi connectivity index (χ2v) is 5.87. The summed E-state index contributed by atoms with van der Waals surface area (Å²) >= 11 is 0. The molecule has 1 aliphatic heterocycles. The van der Waals surface area contributed by atoms with Gasteiger partial charge in [-0.05, 0) is 24.8 Å². The average molecular weight is 318 g/mol. The molecule has 1 aromatic rings. The molecular weight excluding hydrogens is 296 g/mol. The van der Waals surface area contributed by atoms with E-state index >= 15 is 0 Å². The number of amides is 4. The van der Waals surface area contributed by atoms with Gasteiger partial charge in [-0.3, -0.25) is 20.2 Å². The molecule has 0 aliphatic carbocycles. The third-order valence-electron chi connectivity index (χ3n) is 4.18. The summed E-state index contributed by atoms with van der Waals surface area (Å²) in [5.74, 6) is -1.06. The highest BCUT2D eigenvalue weighted by Crippen LogP contribution is 2.32. The van der Waals surface area contributed by atoms with Crippen LogP contribution in [-0.4, -0.2) is 29.6 Å². The Kier molecular flexibility index (Phi) is 5.87. The highest BCUT2D eigenvalue weighted by atomic mass is 16.3. The summed E-state index contributed by atoms with van der Waals surface area (Å²) in [6, 6.07) is 8.55. The fourth-order valence-electron chi connectivity index (χ4n) is 2.89. The number of barbiturate groups is 1. The minimum Gasteiger partial charge on any atom is -0.396 e. The Morgan fingerprint density at radius 3 is 2.09 bits per heavy atom. The van der Waals surface area contributed by atoms with Crippen molar-refractivity contribution in [2.75, 3.05) is 6.61 Å². The van der Waals surface area contributed by atoms with E-state index in [9.17, 15) is 14.4 Å². The van der Waals surface area contributed by atoms with Crippen LogP contribution < -0.4 is 10.6 Å². The fourth-order valence-corrected chi connectivity index (χ4v) is 2.89. The number of hydrogen-bond donors (Lipinski definition) is 3. The third kappa shape index (κ3) is 4.16. The Hall–Kier alpha value is -2.21.